The van der Waals surface area contributed by atoms with Crippen LogP contribution in [0.1, 0.15) is 30.7 Å². The lowest BCUT2D eigenvalue weighted by molar-refractivity contribution is 0.225. The molecule has 2 aromatic rings. The Morgan fingerprint density at radius 1 is 1.15 bits per heavy atom. The average molecular weight is 265 g/mol. The van der Waals surface area contributed by atoms with Crippen LogP contribution in [0.2, 0.25) is 0 Å². The Morgan fingerprint density at radius 3 is 2.75 bits per heavy atom. The van der Waals surface area contributed by atoms with Crippen LogP contribution in [0.4, 0.5) is 0 Å². The van der Waals surface area contributed by atoms with Crippen LogP contribution in [0, 0.1) is 12.3 Å². The van der Waals surface area contributed by atoms with E-state index in [-0.39, 0.29) is 5.41 Å². The number of aromatic nitrogens is 1. The van der Waals surface area contributed by atoms with Crippen LogP contribution >= 0.6 is 0 Å². The van der Waals surface area contributed by atoms with Crippen molar-refractivity contribution < 1.29 is 4.74 Å². The highest BCUT2D eigenvalue weighted by molar-refractivity contribution is 5.82. The predicted molar refractivity (Wildman–Crippen MR) is 81.8 cm³/mol. The third-order valence-corrected chi connectivity index (χ3v) is 3.50. The van der Waals surface area contributed by atoms with Crippen LogP contribution < -0.4 is 4.74 Å². The van der Waals surface area contributed by atoms with Gasteiger partial charge in [-0.2, -0.15) is 0 Å². The molecule has 0 saturated carbocycles. The minimum absolute atomic E-state index is 0.0141. The molecule has 1 aromatic carbocycles. The number of benzene rings is 1. The molecular weight excluding hydrogens is 246 g/mol. The lowest BCUT2D eigenvalue weighted by Gasteiger charge is -2.18. The fraction of sp³-hybridized carbons (Fsp3) is 0.278. The van der Waals surface area contributed by atoms with Crippen molar-refractivity contribution in [3.63, 3.8) is 0 Å². The third-order valence-electron chi connectivity index (χ3n) is 3.50. The summed E-state index contributed by atoms with van der Waals surface area (Å²) in [6.07, 6.45) is 4.12. The lowest BCUT2D eigenvalue weighted by Crippen LogP contribution is -2.17. The Bertz CT molecular complexity index is 656. The van der Waals surface area contributed by atoms with E-state index >= 15 is 0 Å². The van der Waals surface area contributed by atoms with Gasteiger partial charge in [0.1, 0.15) is 5.75 Å². The molecule has 0 unspecified atom stereocenters. The summed E-state index contributed by atoms with van der Waals surface area (Å²) in [7, 11) is 0. The summed E-state index contributed by atoms with van der Waals surface area (Å²) in [4.78, 5) is 4.51. The molecule has 0 radical (unpaired) electrons. The molecule has 0 amide bonds. The molecule has 0 bridgehead atoms. The zero-order chi connectivity index (χ0) is 14.2. The predicted octanol–water partition coefficient (Wildman–Crippen LogP) is 4.24. The Kier molecular flexibility index (Phi) is 3.09. The highest BCUT2D eigenvalue weighted by atomic mass is 16.5. The van der Waals surface area contributed by atoms with E-state index in [2.05, 4.69) is 56.1 Å². The zero-order valence-electron chi connectivity index (χ0n) is 12.2. The Morgan fingerprint density at radius 2 is 2.00 bits per heavy atom. The van der Waals surface area contributed by atoms with E-state index in [9.17, 15) is 0 Å². The summed E-state index contributed by atoms with van der Waals surface area (Å²) in [6.45, 7) is 7.16. The molecule has 3 rings (SSSR count). The van der Waals surface area contributed by atoms with Crippen molar-refractivity contribution in [3.05, 3.63) is 65.5 Å². The first-order chi connectivity index (χ1) is 9.55. The summed E-state index contributed by atoms with van der Waals surface area (Å²) in [5.41, 5.74) is 4.51. The van der Waals surface area contributed by atoms with Gasteiger partial charge in [-0.05, 0) is 31.2 Å². The summed E-state index contributed by atoms with van der Waals surface area (Å²) < 4.78 is 5.99. The molecule has 2 heterocycles. The minimum atomic E-state index is -0.0141. The van der Waals surface area contributed by atoms with E-state index in [1.54, 1.807) is 0 Å². The lowest BCUT2D eigenvalue weighted by atomic mass is 9.89. The standard InChI is InChI=1S/C18H19NO/c1-13-7-8-17-14(10-13)15(11-18(2,3)12-20-17)16-6-4-5-9-19-16/h4-11H,12H2,1-3H3. The molecule has 0 fully saturated rings. The van der Waals surface area contributed by atoms with Gasteiger partial charge in [0.2, 0.25) is 0 Å². The maximum Gasteiger partial charge on any atom is 0.127 e. The number of pyridine rings is 1. The van der Waals surface area contributed by atoms with E-state index in [0.717, 1.165) is 22.6 Å². The number of fused-ring (bicyclic) bond motifs is 1. The third kappa shape index (κ3) is 2.46. The fourth-order valence-electron chi connectivity index (χ4n) is 2.49. The van der Waals surface area contributed by atoms with Crippen molar-refractivity contribution in [1.82, 2.24) is 4.98 Å². The summed E-state index contributed by atoms with van der Waals surface area (Å²) in [6, 6.07) is 12.4. The van der Waals surface area contributed by atoms with Gasteiger partial charge < -0.3 is 4.74 Å². The Hall–Kier alpha value is -2.09. The topological polar surface area (TPSA) is 22.1 Å². The normalized spacial score (nSPS) is 16.6. The van der Waals surface area contributed by atoms with Crippen molar-refractivity contribution in [1.29, 1.82) is 0 Å². The van der Waals surface area contributed by atoms with Gasteiger partial charge >= 0.3 is 0 Å². The number of hydrogen-bond acceptors (Lipinski definition) is 2. The number of ether oxygens (including phenoxy) is 1. The second-order valence-corrected chi connectivity index (χ2v) is 6.05. The van der Waals surface area contributed by atoms with E-state index < -0.39 is 0 Å². The number of aryl methyl sites for hydroxylation is 1. The van der Waals surface area contributed by atoms with Crippen LogP contribution in [-0.2, 0) is 0 Å². The highest BCUT2D eigenvalue weighted by Gasteiger charge is 2.24. The quantitative estimate of drug-likeness (QED) is 0.769. The zero-order valence-corrected chi connectivity index (χ0v) is 12.2. The van der Waals surface area contributed by atoms with E-state index in [0.29, 0.717) is 6.61 Å². The first kappa shape index (κ1) is 12.9. The second kappa shape index (κ2) is 4.78. The Balaban J connectivity index is 2.23. The van der Waals surface area contributed by atoms with Gasteiger partial charge in [0, 0.05) is 22.7 Å². The molecule has 1 aliphatic heterocycles. The molecule has 2 heteroatoms. The maximum absolute atomic E-state index is 5.99. The van der Waals surface area contributed by atoms with Crippen molar-refractivity contribution >= 4 is 5.57 Å². The van der Waals surface area contributed by atoms with Gasteiger partial charge in [0.05, 0.1) is 12.3 Å². The smallest absolute Gasteiger partial charge is 0.127 e. The molecular formula is C18H19NO. The monoisotopic (exact) mass is 265 g/mol. The SMILES string of the molecule is Cc1ccc2c(c1)C(c1ccccn1)=CC(C)(C)CO2. The van der Waals surface area contributed by atoms with Crippen LogP contribution in [-0.4, -0.2) is 11.6 Å². The molecule has 1 aromatic heterocycles. The molecule has 0 aliphatic carbocycles. The van der Waals surface area contributed by atoms with Crippen LogP contribution in [0.5, 0.6) is 5.75 Å². The van der Waals surface area contributed by atoms with Gasteiger partial charge in [-0.1, -0.05) is 37.6 Å². The fourth-order valence-corrected chi connectivity index (χ4v) is 2.49. The molecule has 0 atom stereocenters. The molecule has 1 aliphatic rings. The molecule has 2 nitrogen and oxygen atoms in total. The van der Waals surface area contributed by atoms with E-state index in [1.165, 1.54) is 5.56 Å². The van der Waals surface area contributed by atoms with Crippen LogP contribution in [0.15, 0.2) is 48.7 Å². The summed E-state index contributed by atoms with van der Waals surface area (Å²) in [5, 5.41) is 0. The molecule has 0 saturated heterocycles. The van der Waals surface area contributed by atoms with Gasteiger partial charge in [-0.15, -0.1) is 0 Å². The highest BCUT2D eigenvalue weighted by Crippen LogP contribution is 2.38. The minimum Gasteiger partial charge on any atom is -0.492 e. The average Bonchev–Trinajstić information content (AvgIpc) is 2.57. The van der Waals surface area contributed by atoms with Gasteiger partial charge in [-0.25, -0.2) is 0 Å². The number of rotatable bonds is 1. The van der Waals surface area contributed by atoms with Crippen LogP contribution in [0.25, 0.3) is 5.57 Å². The van der Waals surface area contributed by atoms with E-state index in [4.69, 9.17) is 4.74 Å². The first-order valence-electron chi connectivity index (χ1n) is 6.93. The van der Waals surface area contributed by atoms with Crippen molar-refractivity contribution in [2.24, 2.45) is 5.41 Å². The maximum atomic E-state index is 5.99. The van der Waals surface area contributed by atoms with Crippen molar-refractivity contribution in [2.45, 2.75) is 20.8 Å². The number of hydrogen-bond donors (Lipinski definition) is 0. The van der Waals surface area contributed by atoms with Crippen LogP contribution in [0.3, 0.4) is 0 Å². The second-order valence-electron chi connectivity index (χ2n) is 6.05. The van der Waals surface area contributed by atoms with Gasteiger partial charge in [0.25, 0.3) is 0 Å². The first-order valence-corrected chi connectivity index (χ1v) is 6.93. The van der Waals surface area contributed by atoms with Crippen molar-refractivity contribution in [2.75, 3.05) is 6.61 Å². The molecule has 0 spiro atoms. The van der Waals surface area contributed by atoms with E-state index in [1.807, 2.05) is 18.3 Å². The molecule has 0 N–H and O–H groups in total. The Labute approximate surface area is 120 Å². The molecule has 102 valence electrons. The molecule has 20 heavy (non-hydrogen) atoms. The van der Waals surface area contributed by atoms with Crippen molar-refractivity contribution in [3.8, 4) is 5.75 Å². The largest absolute Gasteiger partial charge is 0.492 e. The number of nitrogens with zero attached hydrogens (tertiary/aromatic N) is 1. The van der Waals surface area contributed by atoms with Gasteiger partial charge in [0.15, 0.2) is 0 Å². The summed E-state index contributed by atoms with van der Waals surface area (Å²) in [5.74, 6) is 0.943. The summed E-state index contributed by atoms with van der Waals surface area (Å²) >= 11 is 0. The van der Waals surface area contributed by atoms with Gasteiger partial charge in [-0.3, -0.25) is 4.98 Å².